The van der Waals surface area contributed by atoms with Gasteiger partial charge in [-0.25, -0.2) is 9.78 Å². The zero-order chi connectivity index (χ0) is 17.6. The molecule has 25 heavy (non-hydrogen) atoms. The van der Waals surface area contributed by atoms with Crippen molar-refractivity contribution in [1.82, 2.24) is 4.98 Å². The number of nitrogens with zero attached hydrogens (tertiary/aromatic N) is 1. The van der Waals surface area contributed by atoms with Crippen LogP contribution in [0.1, 0.15) is 17.4 Å². The second-order valence-electron chi connectivity index (χ2n) is 4.90. The van der Waals surface area contributed by atoms with Gasteiger partial charge in [0.05, 0.1) is 12.4 Å². The Hall–Kier alpha value is -2.26. The van der Waals surface area contributed by atoms with Crippen LogP contribution in [0.5, 0.6) is 11.5 Å². The summed E-state index contributed by atoms with van der Waals surface area (Å²) in [5.41, 5.74) is 0.196. The molecule has 0 aliphatic carbocycles. The Bertz CT molecular complexity index is 778. The summed E-state index contributed by atoms with van der Waals surface area (Å²) in [5, 5.41) is 4.60. The fourth-order valence-corrected chi connectivity index (χ4v) is 3.47. The molecule has 9 heteroatoms. The SMILES string of the molecule is CCOC(=O)c1csc(NC(=O)CSc2ccc3c(c2)OCCO3)n1. The number of anilines is 1. The maximum Gasteiger partial charge on any atom is 0.357 e. The standard InChI is InChI=1S/C16H16N2O5S2/c1-2-21-15(20)11-8-25-16(17-11)18-14(19)9-24-10-3-4-12-13(7-10)23-6-5-22-12/h3-4,7-8H,2,5-6,9H2,1H3,(H,17,18,19). The van der Waals surface area contributed by atoms with Gasteiger partial charge in [0.15, 0.2) is 22.3 Å². The predicted octanol–water partition coefficient (Wildman–Crippen LogP) is 2.82. The summed E-state index contributed by atoms with van der Waals surface area (Å²) >= 11 is 2.56. The molecular weight excluding hydrogens is 364 g/mol. The summed E-state index contributed by atoms with van der Waals surface area (Å²) < 4.78 is 15.8. The molecule has 1 amide bonds. The van der Waals surface area contributed by atoms with Crippen molar-refractivity contribution in [2.24, 2.45) is 0 Å². The van der Waals surface area contributed by atoms with E-state index in [-0.39, 0.29) is 24.0 Å². The third kappa shape index (κ3) is 4.64. The smallest absolute Gasteiger partial charge is 0.357 e. The van der Waals surface area contributed by atoms with Crippen molar-refractivity contribution >= 4 is 40.1 Å². The number of thioether (sulfide) groups is 1. The van der Waals surface area contributed by atoms with E-state index in [1.807, 2.05) is 18.2 Å². The lowest BCUT2D eigenvalue weighted by Gasteiger charge is -2.18. The van der Waals surface area contributed by atoms with E-state index in [9.17, 15) is 9.59 Å². The van der Waals surface area contributed by atoms with Crippen LogP contribution in [0.3, 0.4) is 0 Å². The van der Waals surface area contributed by atoms with Crippen molar-refractivity contribution in [2.75, 3.05) is 30.9 Å². The molecule has 3 rings (SSSR count). The molecule has 0 atom stereocenters. The van der Waals surface area contributed by atoms with E-state index >= 15 is 0 Å². The highest BCUT2D eigenvalue weighted by atomic mass is 32.2. The van der Waals surface area contributed by atoms with Gasteiger partial charge < -0.3 is 19.5 Å². The topological polar surface area (TPSA) is 86.8 Å². The lowest BCUT2D eigenvalue weighted by Crippen LogP contribution is -2.15. The van der Waals surface area contributed by atoms with E-state index in [0.29, 0.717) is 29.8 Å². The van der Waals surface area contributed by atoms with Crippen molar-refractivity contribution < 1.29 is 23.8 Å². The third-order valence-corrected chi connectivity index (χ3v) is 4.87. The minimum atomic E-state index is -0.495. The number of benzene rings is 1. The summed E-state index contributed by atoms with van der Waals surface area (Å²) in [6.07, 6.45) is 0. The molecule has 132 valence electrons. The van der Waals surface area contributed by atoms with Gasteiger partial charge in [-0.3, -0.25) is 4.79 Å². The van der Waals surface area contributed by atoms with E-state index in [0.717, 1.165) is 4.90 Å². The number of fused-ring (bicyclic) bond motifs is 1. The lowest BCUT2D eigenvalue weighted by molar-refractivity contribution is -0.113. The minimum absolute atomic E-state index is 0.196. The Balaban J connectivity index is 1.52. The van der Waals surface area contributed by atoms with Gasteiger partial charge in [-0.1, -0.05) is 0 Å². The van der Waals surface area contributed by atoms with E-state index in [1.54, 1.807) is 12.3 Å². The van der Waals surface area contributed by atoms with Crippen LogP contribution < -0.4 is 14.8 Å². The molecule has 1 aromatic carbocycles. The first-order valence-electron chi connectivity index (χ1n) is 7.60. The number of nitrogens with one attached hydrogen (secondary N) is 1. The zero-order valence-corrected chi connectivity index (χ0v) is 15.1. The maximum atomic E-state index is 12.0. The summed E-state index contributed by atoms with van der Waals surface area (Å²) in [6.45, 7) is 3.07. The normalized spacial score (nSPS) is 12.5. The molecular formula is C16H16N2O5S2. The van der Waals surface area contributed by atoms with E-state index in [4.69, 9.17) is 14.2 Å². The number of aromatic nitrogens is 1. The van der Waals surface area contributed by atoms with Crippen LogP contribution in [-0.2, 0) is 9.53 Å². The van der Waals surface area contributed by atoms with Crippen LogP contribution in [0.4, 0.5) is 5.13 Å². The Morgan fingerprint density at radius 2 is 2.12 bits per heavy atom. The van der Waals surface area contributed by atoms with Crippen molar-refractivity contribution in [1.29, 1.82) is 0 Å². The molecule has 2 aromatic rings. The number of hydrogen-bond acceptors (Lipinski definition) is 8. The van der Waals surface area contributed by atoms with Gasteiger partial charge >= 0.3 is 5.97 Å². The fraction of sp³-hybridized carbons (Fsp3) is 0.312. The molecule has 0 saturated carbocycles. The molecule has 0 unspecified atom stereocenters. The Morgan fingerprint density at radius 3 is 2.92 bits per heavy atom. The highest BCUT2D eigenvalue weighted by Gasteiger charge is 2.15. The quantitative estimate of drug-likeness (QED) is 0.609. The van der Waals surface area contributed by atoms with Crippen LogP contribution in [-0.4, -0.2) is 42.4 Å². The van der Waals surface area contributed by atoms with Gasteiger partial charge in [0.2, 0.25) is 5.91 Å². The summed E-state index contributed by atoms with van der Waals surface area (Å²) in [5.74, 6) is 0.924. The highest BCUT2D eigenvalue weighted by Crippen LogP contribution is 2.34. The predicted molar refractivity (Wildman–Crippen MR) is 94.9 cm³/mol. The summed E-state index contributed by atoms with van der Waals surface area (Å²) in [7, 11) is 0. The molecule has 1 N–H and O–H groups in total. The maximum absolute atomic E-state index is 12.0. The average Bonchev–Trinajstić information content (AvgIpc) is 3.08. The molecule has 0 bridgehead atoms. The number of ether oxygens (including phenoxy) is 3. The number of carbonyl (C=O) groups excluding carboxylic acids is 2. The van der Waals surface area contributed by atoms with Crippen molar-refractivity contribution in [3.05, 3.63) is 29.3 Å². The number of thiazole rings is 1. The molecule has 2 heterocycles. The van der Waals surface area contributed by atoms with Crippen molar-refractivity contribution in [2.45, 2.75) is 11.8 Å². The largest absolute Gasteiger partial charge is 0.486 e. The van der Waals surface area contributed by atoms with Gasteiger partial charge in [-0.2, -0.15) is 0 Å². The van der Waals surface area contributed by atoms with E-state index in [1.165, 1.54) is 23.1 Å². The first-order chi connectivity index (χ1) is 12.2. The Kier molecular flexibility index (Phi) is 5.77. The van der Waals surface area contributed by atoms with Gasteiger partial charge in [0.1, 0.15) is 13.2 Å². The minimum Gasteiger partial charge on any atom is -0.486 e. The first-order valence-corrected chi connectivity index (χ1v) is 9.47. The second kappa shape index (κ2) is 8.21. The monoisotopic (exact) mass is 380 g/mol. The molecule has 1 aromatic heterocycles. The van der Waals surface area contributed by atoms with E-state index in [2.05, 4.69) is 10.3 Å². The zero-order valence-electron chi connectivity index (χ0n) is 13.4. The number of esters is 1. The van der Waals surface area contributed by atoms with Crippen molar-refractivity contribution in [3.8, 4) is 11.5 Å². The first kappa shape index (κ1) is 17.6. The Morgan fingerprint density at radius 1 is 1.32 bits per heavy atom. The van der Waals surface area contributed by atoms with Crippen LogP contribution in [0.2, 0.25) is 0 Å². The number of carbonyl (C=O) groups is 2. The van der Waals surface area contributed by atoms with Crippen LogP contribution in [0.25, 0.3) is 0 Å². The molecule has 1 aliphatic heterocycles. The van der Waals surface area contributed by atoms with E-state index < -0.39 is 5.97 Å². The number of rotatable bonds is 6. The second-order valence-corrected chi connectivity index (χ2v) is 6.81. The van der Waals surface area contributed by atoms with Crippen LogP contribution >= 0.6 is 23.1 Å². The third-order valence-electron chi connectivity index (χ3n) is 3.12. The molecule has 0 saturated heterocycles. The molecule has 7 nitrogen and oxygen atoms in total. The van der Waals surface area contributed by atoms with Crippen molar-refractivity contribution in [3.63, 3.8) is 0 Å². The van der Waals surface area contributed by atoms with Gasteiger partial charge in [-0.15, -0.1) is 23.1 Å². The molecule has 0 radical (unpaired) electrons. The molecule has 1 aliphatic rings. The van der Waals surface area contributed by atoms with Gasteiger partial charge in [0, 0.05) is 10.3 Å². The van der Waals surface area contributed by atoms with Crippen LogP contribution in [0.15, 0.2) is 28.5 Å². The highest BCUT2D eigenvalue weighted by molar-refractivity contribution is 8.00. The van der Waals surface area contributed by atoms with Gasteiger partial charge in [0.25, 0.3) is 0 Å². The fourth-order valence-electron chi connectivity index (χ4n) is 2.05. The van der Waals surface area contributed by atoms with Crippen LogP contribution in [0, 0.1) is 0 Å². The number of amides is 1. The molecule has 0 fully saturated rings. The molecule has 0 spiro atoms. The average molecular weight is 380 g/mol. The Labute approximate surface area is 152 Å². The van der Waals surface area contributed by atoms with Gasteiger partial charge in [-0.05, 0) is 25.1 Å². The lowest BCUT2D eigenvalue weighted by atomic mass is 10.3. The summed E-state index contributed by atoms with van der Waals surface area (Å²) in [4.78, 5) is 28.6. The number of hydrogen-bond donors (Lipinski definition) is 1. The summed E-state index contributed by atoms with van der Waals surface area (Å²) in [6, 6.07) is 5.57.